The minimum absolute atomic E-state index is 0.0719. The van der Waals surface area contributed by atoms with Gasteiger partial charge in [-0.3, -0.25) is 9.48 Å². The molecule has 7 heteroatoms. The highest BCUT2D eigenvalue weighted by atomic mass is 35.5. The smallest absolute Gasteiger partial charge is 0.274 e. The van der Waals surface area contributed by atoms with E-state index in [0.717, 1.165) is 0 Å². The molecule has 5 nitrogen and oxygen atoms in total. The molecule has 1 rings (SSSR count). The molecular weight excluding hydrogens is 235 g/mol. The number of carbonyl (C=O) groups excluding carboxylic acids is 1. The van der Waals surface area contributed by atoms with Crippen molar-refractivity contribution in [3.05, 3.63) is 11.4 Å². The van der Waals surface area contributed by atoms with Crippen LogP contribution in [0.3, 0.4) is 0 Å². The van der Waals surface area contributed by atoms with Crippen LogP contribution in [0.15, 0.2) is 0 Å². The monoisotopic (exact) mass is 244 g/mol. The molecule has 1 aromatic rings. The van der Waals surface area contributed by atoms with Crippen molar-refractivity contribution in [2.24, 2.45) is 0 Å². The van der Waals surface area contributed by atoms with Crippen molar-refractivity contribution in [2.75, 3.05) is 5.32 Å². The lowest BCUT2D eigenvalue weighted by molar-refractivity contribution is -0.118. The van der Waals surface area contributed by atoms with E-state index in [-0.39, 0.29) is 6.54 Å². The van der Waals surface area contributed by atoms with E-state index < -0.39 is 11.5 Å². The van der Waals surface area contributed by atoms with E-state index in [9.17, 15) is 9.18 Å². The van der Waals surface area contributed by atoms with Crippen LogP contribution < -0.4 is 5.32 Å². The van der Waals surface area contributed by atoms with Gasteiger partial charge in [0.05, 0.1) is 23.1 Å². The number of aryl methyl sites for hydroxylation is 1. The van der Waals surface area contributed by atoms with Crippen molar-refractivity contribution in [2.45, 2.75) is 26.0 Å². The lowest BCUT2D eigenvalue weighted by Gasteiger charge is -2.05. The summed E-state index contributed by atoms with van der Waals surface area (Å²) in [5.41, 5.74) is -0.607. The van der Waals surface area contributed by atoms with E-state index in [1.165, 1.54) is 4.68 Å². The number of hydrogen-bond donors (Lipinski definition) is 1. The highest BCUT2D eigenvalue weighted by molar-refractivity contribution is 6.31. The van der Waals surface area contributed by atoms with Gasteiger partial charge in [0.2, 0.25) is 0 Å². The topological polar surface area (TPSA) is 70.7 Å². The Balaban J connectivity index is 2.97. The number of nitrogens with one attached hydrogen (secondary N) is 1. The fourth-order valence-electron chi connectivity index (χ4n) is 1.28. The summed E-state index contributed by atoms with van der Waals surface area (Å²) in [7, 11) is 0. The lowest BCUT2D eigenvalue weighted by atomic mass is 10.3. The van der Waals surface area contributed by atoms with Crippen LogP contribution in [-0.2, 0) is 11.3 Å². The first kappa shape index (κ1) is 12.5. The van der Waals surface area contributed by atoms with Crippen LogP contribution in [0.5, 0.6) is 0 Å². The zero-order valence-corrected chi connectivity index (χ0v) is 9.55. The molecule has 86 valence electrons. The summed E-state index contributed by atoms with van der Waals surface area (Å²) in [5, 5.41) is 14.9. The van der Waals surface area contributed by atoms with Crippen LogP contribution in [0.25, 0.3) is 0 Å². The summed E-state index contributed by atoms with van der Waals surface area (Å²) in [4.78, 5) is 11.1. The molecule has 1 amide bonds. The maximum Gasteiger partial charge on any atom is 0.274 e. The van der Waals surface area contributed by atoms with Gasteiger partial charge in [-0.05, 0) is 13.8 Å². The standard InChI is InChI=1S/C9H10ClFN4O/c1-5-7(13-9(16)8(10)11)6(2)15(14-5)4-3-12/h8H,4H2,1-2H3,(H,13,16). The van der Waals surface area contributed by atoms with Gasteiger partial charge in [-0.25, -0.2) is 4.39 Å². The molecule has 1 heterocycles. The van der Waals surface area contributed by atoms with Crippen LogP contribution in [0, 0.1) is 25.2 Å². The first-order valence-corrected chi connectivity index (χ1v) is 4.91. The third kappa shape index (κ3) is 2.49. The van der Waals surface area contributed by atoms with Gasteiger partial charge in [0, 0.05) is 0 Å². The van der Waals surface area contributed by atoms with Gasteiger partial charge in [-0.15, -0.1) is 0 Å². The van der Waals surface area contributed by atoms with Gasteiger partial charge in [0.15, 0.2) is 0 Å². The fraction of sp³-hybridized carbons (Fsp3) is 0.444. The average molecular weight is 245 g/mol. The van der Waals surface area contributed by atoms with Gasteiger partial charge in [0.1, 0.15) is 6.54 Å². The van der Waals surface area contributed by atoms with E-state index in [4.69, 9.17) is 16.9 Å². The Hall–Kier alpha value is -1.61. The van der Waals surface area contributed by atoms with Crippen molar-refractivity contribution in [3.63, 3.8) is 0 Å². The van der Waals surface area contributed by atoms with Gasteiger partial charge in [0.25, 0.3) is 11.5 Å². The summed E-state index contributed by atoms with van der Waals surface area (Å²) >= 11 is 4.99. The van der Waals surface area contributed by atoms with E-state index in [2.05, 4.69) is 10.4 Å². The second kappa shape index (κ2) is 4.94. The summed E-state index contributed by atoms with van der Waals surface area (Å²) in [5.74, 6) is -0.940. The molecule has 0 aliphatic heterocycles. The Kier molecular flexibility index (Phi) is 3.85. The van der Waals surface area contributed by atoms with Gasteiger partial charge < -0.3 is 5.32 Å². The predicted octanol–water partition coefficient (Wildman–Crippen LogP) is 1.50. The highest BCUT2D eigenvalue weighted by Gasteiger charge is 2.18. The Labute approximate surface area is 96.8 Å². The molecular formula is C9H10ClFN4O. The number of nitriles is 1. The SMILES string of the molecule is Cc1nn(CC#N)c(C)c1NC(=O)C(F)Cl. The number of carbonyl (C=O) groups is 1. The number of halogens is 2. The molecule has 16 heavy (non-hydrogen) atoms. The molecule has 0 fully saturated rings. The molecule has 1 atom stereocenters. The van der Waals surface area contributed by atoms with Crippen molar-refractivity contribution < 1.29 is 9.18 Å². The maximum absolute atomic E-state index is 12.5. The first-order chi connectivity index (χ1) is 7.47. The molecule has 1 aromatic heterocycles. The molecule has 0 aliphatic rings. The Morgan fingerprint density at radius 1 is 1.75 bits per heavy atom. The molecule has 0 bridgehead atoms. The van der Waals surface area contributed by atoms with Crippen molar-refractivity contribution in [1.82, 2.24) is 9.78 Å². The van der Waals surface area contributed by atoms with Gasteiger partial charge in [-0.2, -0.15) is 10.4 Å². The van der Waals surface area contributed by atoms with Crippen molar-refractivity contribution in [3.8, 4) is 6.07 Å². The zero-order valence-electron chi connectivity index (χ0n) is 8.79. The number of aromatic nitrogens is 2. The Morgan fingerprint density at radius 3 is 2.88 bits per heavy atom. The second-order valence-corrected chi connectivity index (χ2v) is 3.53. The van der Waals surface area contributed by atoms with Gasteiger partial charge >= 0.3 is 0 Å². The minimum atomic E-state index is -2.10. The fourth-order valence-corrected chi connectivity index (χ4v) is 1.33. The van der Waals surface area contributed by atoms with Crippen LogP contribution in [0.1, 0.15) is 11.4 Å². The molecule has 0 saturated heterocycles. The molecule has 1 unspecified atom stereocenters. The molecule has 0 radical (unpaired) electrons. The lowest BCUT2D eigenvalue weighted by Crippen LogP contribution is -2.20. The van der Waals surface area contributed by atoms with Gasteiger partial charge in [-0.1, -0.05) is 11.6 Å². The third-order valence-corrected chi connectivity index (χ3v) is 2.25. The number of anilines is 1. The summed E-state index contributed by atoms with van der Waals surface area (Å²) in [6.07, 6.45) is 0. The molecule has 0 spiro atoms. The van der Waals surface area contributed by atoms with Crippen LogP contribution in [0.4, 0.5) is 10.1 Å². The van der Waals surface area contributed by atoms with E-state index in [0.29, 0.717) is 17.1 Å². The highest BCUT2D eigenvalue weighted by Crippen LogP contribution is 2.20. The number of rotatable bonds is 3. The second-order valence-electron chi connectivity index (χ2n) is 3.15. The van der Waals surface area contributed by atoms with E-state index >= 15 is 0 Å². The van der Waals surface area contributed by atoms with Crippen molar-refractivity contribution in [1.29, 1.82) is 5.26 Å². The van der Waals surface area contributed by atoms with Crippen LogP contribution in [-0.4, -0.2) is 21.3 Å². The molecule has 0 aromatic carbocycles. The van der Waals surface area contributed by atoms with Crippen LogP contribution in [0.2, 0.25) is 0 Å². The average Bonchev–Trinajstić information content (AvgIpc) is 2.46. The summed E-state index contributed by atoms with van der Waals surface area (Å²) in [6, 6.07) is 1.93. The first-order valence-electron chi connectivity index (χ1n) is 4.47. The normalized spacial score (nSPS) is 11.9. The summed E-state index contributed by atoms with van der Waals surface area (Å²) in [6.45, 7) is 3.40. The number of nitrogens with zero attached hydrogens (tertiary/aromatic N) is 3. The molecule has 0 aliphatic carbocycles. The minimum Gasteiger partial charge on any atom is -0.319 e. The number of hydrogen-bond acceptors (Lipinski definition) is 3. The number of alkyl halides is 2. The van der Waals surface area contributed by atoms with E-state index in [1.807, 2.05) is 6.07 Å². The molecule has 1 N–H and O–H groups in total. The van der Waals surface area contributed by atoms with Crippen molar-refractivity contribution >= 4 is 23.2 Å². The maximum atomic E-state index is 12.5. The van der Waals surface area contributed by atoms with Crippen LogP contribution >= 0.6 is 11.6 Å². The molecule has 0 saturated carbocycles. The Bertz CT molecular complexity index is 449. The van der Waals surface area contributed by atoms with E-state index in [1.54, 1.807) is 13.8 Å². The number of amides is 1. The largest absolute Gasteiger partial charge is 0.319 e. The quantitative estimate of drug-likeness (QED) is 0.819. The Morgan fingerprint density at radius 2 is 2.38 bits per heavy atom. The summed E-state index contributed by atoms with van der Waals surface area (Å²) < 4.78 is 13.9. The third-order valence-electron chi connectivity index (χ3n) is 2.05. The predicted molar refractivity (Wildman–Crippen MR) is 56.7 cm³/mol. The zero-order chi connectivity index (χ0) is 12.3.